The highest BCUT2D eigenvalue weighted by Crippen LogP contribution is 2.37. The Morgan fingerprint density at radius 3 is 2.14 bits per heavy atom. The van der Waals surface area contributed by atoms with E-state index in [-0.39, 0.29) is 25.2 Å². The van der Waals surface area contributed by atoms with E-state index in [0.29, 0.717) is 12.8 Å². The third-order valence-electron chi connectivity index (χ3n) is 9.54. The lowest BCUT2D eigenvalue weighted by molar-refractivity contribution is -0.158. The van der Waals surface area contributed by atoms with Crippen molar-refractivity contribution in [2.75, 3.05) is 20.1 Å². The molecule has 0 aromatic carbocycles. The van der Waals surface area contributed by atoms with Crippen molar-refractivity contribution in [1.82, 2.24) is 26.2 Å². The van der Waals surface area contributed by atoms with E-state index in [1.807, 2.05) is 20.8 Å². The Balaban J connectivity index is 2.58. The van der Waals surface area contributed by atoms with Gasteiger partial charge in [-0.1, -0.05) is 47.0 Å². The van der Waals surface area contributed by atoms with Gasteiger partial charge in [-0.15, -0.1) is 0 Å². The standard InChI is InChI=1S/C34H58F2N6O8/c1-7-8-9-10-11-25-20(4)33(49)42(6)24(16-19(2)3)30(46)41-28(22-12-14-34(35,36)15-13-22)32(48)39-23(17-37)29(45)40-27(21(5)43)31(47)38-18-26(44)50-25/h19-25,27-28,43H,7-18,37H2,1-6H3,(H,38,47)(H,39,48)(H,40,45)(H,41,46)/t20-,21?,23+,24+,25-,27+,28?/m1/s1. The minimum atomic E-state index is -2.93. The van der Waals surface area contributed by atoms with Crippen LogP contribution in [0.5, 0.6) is 0 Å². The molecule has 1 aliphatic carbocycles. The Morgan fingerprint density at radius 2 is 1.58 bits per heavy atom. The molecule has 2 aliphatic rings. The first kappa shape index (κ1) is 42.8. The number of carbonyl (C=O) groups excluding carboxylic acids is 6. The molecule has 5 amide bonds. The van der Waals surface area contributed by atoms with E-state index in [1.165, 1.54) is 18.9 Å². The van der Waals surface area contributed by atoms with E-state index < -0.39 is 116 Å². The van der Waals surface area contributed by atoms with Gasteiger partial charge in [0.2, 0.25) is 35.5 Å². The number of nitrogens with zero attached hydrogens (tertiary/aromatic N) is 1. The molecule has 1 saturated heterocycles. The molecule has 14 nitrogen and oxygen atoms in total. The van der Waals surface area contributed by atoms with Gasteiger partial charge in [0.05, 0.1) is 12.0 Å². The topological polar surface area (TPSA) is 209 Å². The summed E-state index contributed by atoms with van der Waals surface area (Å²) in [5.41, 5.74) is 5.81. The maximum absolute atomic E-state index is 14.2. The van der Waals surface area contributed by atoms with Crippen LogP contribution in [0.25, 0.3) is 0 Å². The van der Waals surface area contributed by atoms with Crippen molar-refractivity contribution < 1.29 is 47.4 Å². The minimum Gasteiger partial charge on any atom is -0.460 e. The van der Waals surface area contributed by atoms with E-state index in [1.54, 1.807) is 6.92 Å². The summed E-state index contributed by atoms with van der Waals surface area (Å²) in [5, 5.41) is 20.2. The molecule has 0 spiro atoms. The molecule has 7 atom stereocenters. The van der Waals surface area contributed by atoms with Crippen LogP contribution in [0, 0.1) is 17.8 Å². The average Bonchev–Trinajstić information content (AvgIpc) is 3.05. The van der Waals surface area contributed by atoms with E-state index in [4.69, 9.17) is 10.5 Å². The zero-order valence-electron chi connectivity index (χ0n) is 30.3. The fourth-order valence-electron chi connectivity index (χ4n) is 6.38. The van der Waals surface area contributed by atoms with Crippen molar-refractivity contribution in [2.24, 2.45) is 23.5 Å². The maximum Gasteiger partial charge on any atom is 0.325 e. The molecule has 16 heteroatoms. The number of cyclic esters (lactones) is 1. The highest BCUT2D eigenvalue weighted by Gasteiger charge is 2.43. The van der Waals surface area contributed by atoms with Crippen LogP contribution >= 0.6 is 0 Å². The van der Waals surface area contributed by atoms with Gasteiger partial charge in [0, 0.05) is 26.4 Å². The first-order chi connectivity index (χ1) is 23.4. The van der Waals surface area contributed by atoms with E-state index >= 15 is 0 Å². The van der Waals surface area contributed by atoms with Gasteiger partial charge in [-0.2, -0.15) is 0 Å². The third-order valence-corrected chi connectivity index (χ3v) is 9.54. The Hall–Kier alpha value is -3.40. The molecule has 286 valence electrons. The second kappa shape index (κ2) is 19.8. The van der Waals surface area contributed by atoms with Crippen molar-refractivity contribution in [2.45, 2.75) is 141 Å². The van der Waals surface area contributed by atoms with Gasteiger partial charge in [-0.3, -0.25) is 28.8 Å². The number of alkyl halides is 2. The monoisotopic (exact) mass is 716 g/mol. The fraction of sp³-hybridized carbons (Fsp3) is 0.824. The van der Waals surface area contributed by atoms with E-state index in [9.17, 15) is 42.7 Å². The summed E-state index contributed by atoms with van der Waals surface area (Å²) in [5.74, 6) is -9.39. The number of nitrogens with one attached hydrogen (secondary N) is 4. The summed E-state index contributed by atoms with van der Waals surface area (Å²) in [6.07, 6.45) is 0.333. The van der Waals surface area contributed by atoms with Crippen molar-refractivity contribution >= 4 is 35.5 Å². The van der Waals surface area contributed by atoms with Crippen LogP contribution in [0.3, 0.4) is 0 Å². The second-order valence-corrected chi connectivity index (χ2v) is 14.2. The predicted octanol–water partition coefficient (Wildman–Crippen LogP) is 1.13. The molecule has 0 radical (unpaired) electrons. The Labute approximate surface area is 293 Å². The maximum atomic E-state index is 14.2. The average molecular weight is 717 g/mol. The van der Waals surface area contributed by atoms with Gasteiger partial charge >= 0.3 is 5.97 Å². The normalized spacial score (nSPS) is 29.1. The number of hydrogen-bond acceptors (Lipinski definition) is 9. The lowest BCUT2D eigenvalue weighted by Gasteiger charge is -2.37. The van der Waals surface area contributed by atoms with Crippen LogP contribution in [-0.2, 0) is 33.5 Å². The summed E-state index contributed by atoms with van der Waals surface area (Å²) in [7, 11) is 1.45. The molecule has 2 rings (SSSR count). The highest BCUT2D eigenvalue weighted by atomic mass is 19.3. The summed E-state index contributed by atoms with van der Waals surface area (Å²) in [6, 6.07) is -5.45. The lowest BCUT2D eigenvalue weighted by Crippen LogP contribution is -2.62. The largest absolute Gasteiger partial charge is 0.460 e. The van der Waals surface area contributed by atoms with Gasteiger partial charge in [-0.25, -0.2) is 8.78 Å². The number of nitrogens with two attached hydrogens (primary N) is 1. The third kappa shape index (κ3) is 12.7. The SMILES string of the molecule is CCCCCC[C@H]1OC(=O)CNC(=O)[C@H](C(C)O)NC(=O)[C@H](CN)NC(=O)C(C2CCC(F)(F)CC2)NC(=O)[C@H](CC(C)C)N(C)C(=O)[C@@H]1C. The lowest BCUT2D eigenvalue weighted by atomic mass is 9.81. The number of likely N-dealkylation sites (N-methyl/N-ethyl adjacent to an activating group) is 1. The first-order valence-electron chi connectivity index (χ1n) is 17.8. The smallest absolute Gasteiger partial charge is 0.325 e. The van der Waals surface area contributed by atoms with Crippen LogP contribution in [0.4, 0.5) is 8.78 Å². The molecule has 0 bridgehead atoms. The van der Waals surface area contributed by atoms with Gasteiger partial charge in [-0.05, 0) is 50.9 Å². The molecular weight excluding hydrogens is 658 g/mol. The quantitative estimate of drug-likeness (QED) is 0.141. The number of hydrogen-bond donors (Lipinski definition) is 6. The molecular formula is C34H58F2N6O8. The highest BCUT2D eigenvalue weighted by molar-refractivity contribution is 5.96. The summed E-state index contributed by atoms with van der Waals surface area (Å²) >= 11 is 0. The number of aliphatic hydroxyl groups is 1. The van der Waals surface area contributed by atoms with Crippen LogP contribution < -0.4 is 27.0 Å². The van der Waals surface area contributed by atoms with Gasteiger partial charge < -0.3 is 41.7 Å². The van der Waals surface area contributed by atoms with Crippen molar-refractivity contribution in [3.8, 4) is 0 Å². The number of rotatable bonds is 10. The number of ether oxygens (including phenoxy) is 1. The molecule has 1 saturated carbocycles. The first-order valence-corrected chi connectivity index (χ1v) is 17.8. The minimum absolute atomic E-state index is 0.0861. The summed E-state index contributed by atoms with van der Waals surface area (Å²) < 4.78 is 34.0. The number of carbonyl (C=O) groups is 6. The second-order valence-electron chi connectivity index (χ2n) is 14.2. The Kier molecular flexibility index (Phi) is 17.0. The Bertz CT molecular complexity index is 1180. The molecule has 1 aliphatic heterocycles. The summed E-state index contributed by atoms with van der Waals surface area (Å²) in [4.78, 5) is 82.3. The zero-order chi connectivity index (χ0) is 37.8. The summed E-state index contributed by atoms with van der Waals surface area (Å²) in [6.45, 7) is 7.50. The van der Waals surface area contributed by atoms with E-state index in [2.05, 4.69) is 21.3 Å². The van der Waals surface area contributed by atoms with Crippen molar-refractivity contribution in [3.63, 3.8) is 0 Å². The molecule has 50 heavy (non-hydrogen) atoms. The predicted molar refractivity (Wildman–Crippen MR) is 180 cm³/mol. The van der Waals surface area contributed by atoms with Crippen molar-refractivity contribution in [3.05, 3.63) is 0 Å². The number of aliphatic hydroxyl groups excluding tert-OH is 1. The number of amides is 5. The van der Waals surface area contributed by atoms with Crippen LogP contribution in [-0.4, -0.2) is 108 Å². The molecule has 7 N–H and O–H groups in total. The number of halogens is 2. The zero-order valence-corrected chi connectivity index (χ0v) is 30.3. The van der Waals surface area contributed by atoms with Crippen LogP contribution in [0.15, 0.2) is 0 Å². The van der Waals surface area contributed by atoms with Gasteiger partial charge in [0.15, 0.2) is 0 Å². The van der Waals surface area contributed by atoms with Crippen LogP contribution in [0.2, 0.25) is 0 Å². The fourth-order valence-corrected chi connectivity index (χ4v) is 6.38. The van der Waals surface area contributed by atoms with Gasteiger partial charge in [0.1, 0.15) is 36.8 Å². The van der Waals surface area contributed by atoms with Crippen molar-refractivity contribution in [1.29, 1.82) is 0 Å². The molecule has 2 fully saturated rings. The molecule has 1 heterocycles. The number of esters is 1. The van der Waals surface area contributed by atoms with E-state index in [0.717, 1.165) is 19.3 Å². The number of unbranched alkanes of at least 4 members (excludes halogenated alkanes) is 3. The van der Waals surface area contributed by atoms with Gasteiger partial charge in [0.25, 0.3) is 0 Å². The molecule has 2 unspecified atom stereocenters. The molecule has 0 aromatic heterocycles. The van der Waals surface area contributed by atoms with Crippen LogP contribution in [0.1, 0.15) is 98.8 Å². The molecule has 0 aromatic rings. The Morgan fingerprint density at radius 1 is 0.940 bits per heavy atom.